The van der Waals surface area contributed by atoms with Crippen molar-refractivity contribution < 1.29 is 33.8 Å². The first-order valence-electron chi connectivity index (χ1n) is 23.1. The third-order valence-electron chi connectivity index (χ3n) is 16.9. The molecule has 12 heteroatoms. The quantitative estimate of drug-likeness (QED) is 0.178. The number of likely N-dealkylation sites (tertiary alicyclic amines) is 2. The Morgan fingerprint density at radius 2 is 1.55 bits per heavy atom. The molecule has 324 valence electrons. The normalized spacial score (nSPS) is 33.8. The Labute approximate surface area is 349 Å². The van der Waals surface area contributed by atoms with Gasteiger partial charge in [-0.1, -0.05) is 72.8 Å². The van der Waals surface area contributed by atoms with E-state index in [1.807, 2.05) is 20.8 Å². The van der Waals surface area contributed by atoms with Crippen LogP contribution in [0.25, 0.3) is 0 Å². The summed E-state index contributed by atoms with van der Waals surface area (Å²) in [5.41, 5.74) is -2.36. The lowest BCUT2D eigenvalue weighted by molar-refractivity contribution is -0.147. The Morgan fingerprint density at radius 1 is 0.897 bits per heavy atom. The summed E-state index contributed by atoms with van der Waals surface area (Å²) in [6.45, 7) is 19.7. The second-order valence-electron chi connectivity index (χ2n) is 21.5. The van der Waals surface area contributed by atoms with Crippen LogP contribution < -0.4 is 10.0 Å². The van der Waals surface area contributed by atoms with Crippen LogP contribution in [0.5, 0.6) is 0 Å². The van der Waals surface area contributed by atoms with Crippen LogP contribution in [0.2, 0.25) is 0 Å². The van der Waals surface area contributed by atoms with E-state index in [4.69, 9.17) is 1.37 Å². The van der Waals surface area contributed by atoms with Crippen molar-refractivity contribution in [1.29, 1.82) is 0 Å². The number of hydrogen-bond acceptors (Lipinski definition) is 8. The third-order valence-corrected chi connectivity index (χ3v) is 18.5. The zero-order valence-electron chi connectivity index (χ0n) is 37.4. The lowest BCUT2D eigenvalue weighted by atomic mass is 9.73. The number of fused-ring (bicyclic) bond motifs is 1. The Balaban J connectivity index is 1.16. The number of nitrogens with zero attached hydrogens (tertiary/aromatic N) is 2. The van der Waals surface area contributed by atoms with Crippen LogP contribution in [-0.4, -0.2) is 90.0 Å². The molecule has 7 rings (SSSR count). The van der Waals surface area contributed by atoms with Crippen LogP contribution in [0.1, 0.15) is 159 Å². The minimum atomic E-state index is -4.25. The van der Waals surface area contributed by atoms with Gasteiger partial charge in [-0.3, -0.25) is 33.6 Å². The Morgan fingerprint density at radius 3 is 2.09 bits per heavy atom. The number of sulfonamides is 1. The zero-order chi connectivity index (χ0) is 43.1. The monoisotopic (exact) mass is 826 g/mol. The topological polar surface area (TPSA) is 150 Å². The fourth-order valence-electron chi connectivity index (χ4n) is 12.7. The molecule has 5 aliphatic carbocycles. The van der Waals surface area contributed by atoms with Crippen molar-refractivity contribution in [2.75, 3.05) is 13.1 Å². The molecule has 0 aromatic heterocycles. The van der Waals surface area contributed by atoms with Crippen LogP contribution in [0.15, 0.2) is 12.7 Å². The van der Waals surface area contributed by atoms with E-state index in [1.165, 1.54) is 0 Å². The molecule has 7 fully saturated rings. The van der Waals surface area contributed by atoms with Gasteiger partial charge in [-0.15, -0.1) is 6.58 Å². The molecule has 2 aliphatic heterocycles. The van der Waals surface area contributed by atoms with Gasteiger partial charge in [-0.25, -0.2) is 8.42 Å². The molecular weight excluding hydrogens is 753 g/mol. The Kier molecular flexibility index (Phi) is 11.2. The summed E-state index contributed by atoms with van der Waals surface area (Å²) >= 11 is 0. The van der Waals surface area contributed by atoms with Crippen molar-refractivity contribution >= 4 is 39.3 Å². The van der Waals surface area contributed by atoms with Crippen molar-refractivity contribution in [3.63, 3.8) is 0 Å². The predicted molar refractivity (Wildman–Crippen MR) is 224 cm³/mol. The second kappa shape index (κ2) is 15.4. The first-order valence-corrected chi connectivity index (χ1v) is 24.1. The maximum absolute atomic E-state index is 15.3. The van der Waals surface area contributed by atoms with Gasteiger partial charge < -0.3 is 10.2 Å². The highest BCUT2D eigenvalue weighted by molar-refractivity contribution is 7.90. The largest absolute Gasteiger partial charge is 0.345 e. The molecule has 5 saturated carbocycles. The van der Waals surface area contributed by atoms with E-state index in [9.17, 15) is 27.6 Å². The van der Waals surface area contributed by atoms with Gasteiger partial charge in [0.25, 0.3) is 0 Å². The van der Waals surface area contributed by atoms with E-state index >= 15 is 4.79 Å². The smallest absolute Gasteiger partial charge is 0.240 e. The molecule has 3 amide bonds. The maximum Gasteiger partial charge on any atom is 0.240 e. The van der Waals surface area contributed by atoms with Gasteiger partial charge in [-0.05, 0) is 113 Å². The molecule has 0 bridgehead atoms. The van der Waals surface area contributed by atoms with Gasteiger partial charge in [0.05, 0.1) is 28.8 Å². The molecule has 0 aromatic rings. The van der Waals surface area contributed by atoms with Crippen LogP contribution in [-0.2, 0) is 34.0 Å². The van der Waals surface area contributed by atoms with Crippen LogP contribution >= 0.6 is 0 Å². The number of Topliss-reactive ketones (excluding diaryl/α,β-unsaturated/α-hetero) is 2. The number of piperidine rings is 1. The summed E-state index contributed by atoms with van der Waals surface area (Å²) in [5.74, 6) is -2.71. The highest BCUT2D eigenvalue weighted by Gasteiger charge is 2.85. The predicted octanol–water partition coefficient (Wildman–Crippen LogP) is 6.49. The Bertz CT molecular complexity index is 1840. The minimum absolute atomic E-state index is 0.00512. The summed E-state index contributed by atoms with van der Waals surface area (Å²) < 4.78 is 36.4. The first kappa shape index (κ1) is 42.1. The molecule has 7 atom stereocenters. The van der Waals surface area contributed by atoms with Crippen molar-refractivity contribution in [1.82, 2.24) is 19.8 Å². The van der Waals surface area contributed by atoms with Gasteiger partial charge in [-0.2, -0.15) is 0 Å². The Hall–Kier alpha value is -2.60. The minimum Gasteiger partial charge on any atom is -0.345 e. The molecule has 0 aromatic carbocycles. The lowest BCUT2D eigenvalue weighted by Crippen LogP contribution is -2.57. The van der Waals surface area contributed by atoms with E-state index in [1.54, 1.807) is 11.0 Å². The molecule has 2 saturated heterocycles. The maximum atomic E-state index is 15.3. The average Bonchev–Trinajstić information content (AvgIpc) is 4.09. The molecule has 0 radical (unpaired) electrons. The fraction of sp³-hybridized carbons (Fsp3) is 0.848. The van der Waals surface area contributed by atoms with Crippen LogP contribution in [0.3, 0.4) is 0 Å². The summed E-state index contributed by atoms with van der Waals surface area (Å²) in [6, 6.07) is -1.62. The number of allylic oxidation sites excluding steroid dienone is 1. The van der Waals surface area contributed by atoms with Crippen LogP contribution in [0, 0.1) is 44.8 Å². The fourth-order valence-corrected chi connectivity index (χ4v) is 13.9. The van der Waals surface area contributed by atoms with Gasteiger partial charge in [0, 0.05) is 38.1 Å². The summed E-state index contributed by atoms with van der Waals surface area (Å²) in [4.78, 5) is 76.9. The van der Waals surface area contributed by atoms with E-state index in [0.29, 0.717) is 13.0 Å². The van der Waals surface area contributed by atoms with Gasteiger partial charge >= 0.3 is 0 Å². The van der Waals surface area contributed by atoms with Crippen molar-refractivity contribution in [3.05, 3.63) is 12.7 Å². The van der Waals surface area contributed by atoms with Gasteiger partial charge in [0.1, 0.15) is 0 Å². The summed E-state index contributed by atoms with van der Waals surface area (Å²) in [5, 5.41) is 1.53. The van der Waals surface area contributed by atoms with E-state index in [0.717, 1.165) is 77.2 Å². The van der Waals surface area contributed by atoms with Crippen molar-refractivity contribution in [2.45, 2.75) is 187 Å². The van der Waals surface area contributed by atoms with Crippen LogP contribution in [0.4, 0.5) is 0 Å². The summed E-state index contributed by atoms with van der Waals surface area (Å²) in [7, 11) is -4.25. The standard InChI is InChI=1S/C46H72N4O7S/c1-9-31-25-44(31,41(55)48-58(56,57)32-19-20-32)27-37(52)35-26-46(43(7,8)45(46)21-15-22-45)28-50(35)40(54)33(42(4,5)6)24-36(51)38(30-16-11-10-12-17-30)47-39(53)34-18-13-14-23-49(34)29(2)3/h9,29-35,38H,1,10-28H2,2-8H3,(H,47,53)(H,48,55)/t31-,33-,34+,35+,38+,44-,46-/m1/s1/i32D. The van der Waals surface area contributed by atoms with Gasteiger partial charge in [0.15, 0.2) is 11.6 Å². The molecular formula is C46H72N4O7S. The number of carbonyl (C=O) groups is 5. The molecule has 2 spiro atoms. The molecule has 58 heavy (non-hydrogen) atoms. The van der Waals surface area contributed by atoms with E-state index in [-0.39, 0.29) is 89.7 Å². The number of nitrogens with one attached hydrogen (secondary N) is 2. The highest BCUT2D eigenvalue weighted by atomic mass is 32.2. The first-order chi connectivity index (χ1) is 27.5. The van der Waals surface area contributed by atoms with Gasteiger partial charge in [0.2, 0.25) is 27.7 Å². The number of rotatable bonds is 15. The second-order valence-corrected chi connectivity index (χ2v) is 23.3. The summed E-state index contributed by atoms with van der Waals surface area (Å²) in [6.07, 6.45) is 13.0. The highest BCUT2D eigenvalue weighted by Crippen LogP contribution is 2.88. The molecule has 2 heterocycles. The average molecular weight is 826 g/mol. The molecule has 7 aliphatic rings. The van der Waals surface area contributed by atoms with E-state index < -0.39 is 55.9 Å². The SMILES string of the molecule is [2H]C1(S(=O)(=O)NC(=O)[C@@]2(CC(=O)[C@@H]3C[C@@]4(CN3C(=O)[C@@H](CC(=O)[C@@H](NC(=O)[C@@H]3CCCCN3C(C)C)C3CCCCC3)C(C)(C)C)C(C)(C)C43CCC3)C[C@H]2C=C)CC1. The molecule has 2 N–H and O–H groups in total. The molecule has 11 nitrogen and oxygen atoms in total. The third kappa shape index (κ3) is 7.33. The lowest BCUT2D eigenvalue weighted by Gasteiger charge is -2.40. The van der Waals surface area contributed by atoms with Crippen molar-refractivity contribution in [3.8, 4) is 0 Å². The number of carbonyl (C=O) groups excluding carboxylic acids is 5. The molecule has 0 unspecified atom stereocenters. The van der Waals surface area contributed by atoms with Crippen molar-refractivity contribution in [2.24, 2.45) is 44.8 Å². The number of hydrogen-bond donors (Lipinski definition) is 2. The number of amides is 3. The number of ketones is 2. The van der Waals surface area contributed by atoms with E-state index in [2.05, 4.69) is 49.2 Å². The zero-order valence-corrected chi connectivity index (χ0v) is 37.2.